The van der Waals surface area contributed by atoms with Gasteiger partial charge in [-0.25, -0.2) is 0 Å². The standard InChI is InChI=1S/C20H25NO2/c1-14(2)23-18-9-7-17(8-10-18)11-12-21-20(22)19-13-15(3)5-6-16(19)4/h5-10,13-14H,11-12H2,1-4H3,(H,21,22). The predicted octanol–water partition coefficient (Wildman–Crippen LogP) is 4.06. The number of hydrogen-bond donors (Lipinski definition) is 1. The van der Waals surface area contributed by atoms with E-state index in [1.165, 1.54) is 5.56 Å². The SMILES string of the molecule is Cc1ccc(C)c(C(=O)NCCc2ccc(OC(C)C)cc2)c1. The zero-order chi connectivity index (χ0) is 16.8. The molecule has 0 bridgehead atoms. The van der Waals surface area contributed by atoms with E-state index in [2.05, 4.69) is 5.32 Å². The smallest absolute Gasteiger partial charge is 0.251 e. The van der Waals surface area contributed by atoms with Crippen molar-refractivity contribution in [2.75, 3.05) is 6.54 Å². The average molecular weight is 311 g/mol. The summed E-state index contributed by atoms with van der Waals surface area (Å²) in [6.45, 7) is 8.60. The second-order valence-corrected chi connectivity index (χ2v) is 6.13. The predicted molar refractivity (Wildman–Crippen MR) is 94.2 cm³/mol. The Morgan fingerprint density at radius 1 is 1.09 bits per heavy atom. The topological polar surface area (TPSA) is 38.3 Å². The van der Waals surface area contributed by atoms with Crippen molar-refractivity contribution in [1.82, 2.24) is 5.32 Å². The first-order chi connectivity index (χ1) is 11.0. The molecule has 0 radical (unpaired) electrons. The first kappa shape index (κ1) is 17.1. The number of benzene rings is 2. The summed E-state index contributed by atoms with van der Waals surface area (Å²) in [6.07, 6.45) is 0.983. The molecule has 2 rings (SSSR count). The highest BCUT2D eigenvalue weighted by atomic mass is 16.5. The van der Waals surface area contributed by atoms with Crippen LogP contribution in [0.2, 0.25) is 0 Å². The Kier molecular flexibility index (Phi) is 5.80. The molecule has 0 atom stereocenters. The van der Waals surface area contributed by atoms with Crippen LogP contribution in [0.4, 0.5) is 0 Å². The van der Waals surface area contributed by atoms with E-state index in [0.717, 1.165) is 28.9 Å². The molecule has 0 unspecified atom stereocenters. The number of rotatable bonds is 6. The van der Waals surface area contributed by atoms with Crippen LogP contribution in [0, 0.1) is 13.8 Å². The maximum atomic E-state index is 12.3. The van der Waals surface area contributed by atoms with Gasteiger partial charge in [-0.2, -0.15) is 0 Å². The fourth-order valence-electron chi connectivity index (χ4n) is 2.40. The number of nitrogens with one attached hydrogen (secondary N) is 1. The van der Waals surface area contributed by atoms with E-state index in [4.69, 9.17) is 4.74 Å². The van der Waals surface area contributed by atoms with Gasteiger partial charge >= 0.3 is 0 Å². The molecule has 23 heavy (non-hydrogen) atoms. The van der Waals surface area contributed by atoms with Gasteiger partial charge in [0.05, 0.1) is 6.10 Å². The minimum absolute atomic E-state index is 0.00837. The number of ether oxygens (including phenoxy) is 1. The summed E-state index contributed by atoms with van der Waals surface area (Å²) >= 11 is 0. The molecule has 0 saturated heterocycles. The molecule has 3 heteroatoms. The number of aryl methyl sites for hydroxylation is 2. The van der Waals surface area contributed by atoms with Crippen LogP contribution >= 0.6 is 0 Å². The van der Waals surface area contributed by atoms with Gasteiger partial charge in [0.1, 0.15) is 5.75 Å². The average Bonchev–Trinajstić information content (AvgIpc) is 2.51. The number of amides is 1. The maximum Gasteiger partial charge on any atom is 0.251 e. The molecule has 3 nitrogen and oxygen atoms in total. The zero-order valence-corrected chi connectivity index (χ0v) is 14.3. The van der Waals surface area contributed by atoms with Gasteiger partial charge in [0.2, 0.25) is 0 Å². The summed E-state index contributed by atoms with van der Waals surface area (Å²) in [7, 11) is 0. The van der Waals surface area contributed by atoms with Crippen molar-refractivity contribution in [3.8, 4) is 5.75 Å². The summed E-state index contributed by atoms with van der Waals surface area (Å²) in [5, 5.41) is 2.99. The normalized spacial score (nSPS) is 10.7. The summed E-state index contributed by atoms with van der Waals surface area (Å²) in [6, 6.07) is 14.0. The Balaban J connectivity index is 1.87. The molecule has 0 spiro atoms. The van der Waals surface area contributed by atoms with Crippen LogP contribution in [0.1, 0.15) is 40.9 Å². The van der Waals surface area contributed by atoms with Crippen molar-refractivity contribution < 1.29 is 9.53 Å². The van der Waals surface area contributed by atoms with Crippen LogP contribution < -0.4 is 10.1 Å². The van der Waals surface area contributed by atoms with E-state index < -0.39 is 0 Å². The molecule has 2 aromatic rings. The number of hydrogen-bond acceptors (Lipinski definition) is 2. The molecule has 0 aliphatic heterocycles. The van der Waals surface area contributed by atoms with Crippen molar-refractivity contribution >= 4 is 5.91 Å². The first-order valence-electron chi connectivity index (χ1n) is 8.07. The van der Waals surface area contributed by atoms with Crippen LogP contribution in [0.15, 0.2) is 42.5 Å². The fraction of sp³-hybridized carbons (Fsp3) is 0.350. The van der Waals surface area contributed by atoms with Gasteiger partial charge in [0, 0.05) is 12.1 Å². The van der Waals surface area contributed by atoms with E-state index in [0.29, 0.717) is 6.54 Å². The largest absolute Gasteiger partial charge is 0.491 e. The van der Waals surface area contributed by atoms with Crippen molar-refractivity contribution in [3.63, 3.8) is 0 Å². The second-order valence-electron chi connectivity index (χ2n) is 6.13. The van der Waals surface area contributed by atoms with E-state index in [9.17, 15) is 4.79 Å². The van der Waals surface area contributed by atoms with Gasteiger partial charge in [0.15, 0.2) is 0 Å². The van der Waals surface area contributed by atoms with Crippen molar-refractivity contribution in [2.24, 2.45) is 0 Å². The summed E-state index contributed by atoms with van der Waals surface area (Å²) in [4.78, 5) is 12.3. The van der Waals surface area contributed by atoms with Crippen LogP contribution in [0.25, 0.3) is 0 Å². The monoisotopic (exact) mass is 311 g/mol. The fourth-order valence-corrected chi connectivity index (χ4v) is 2.40. The molecule has 0 aromatic heterocycles. The lowest BCUT2D eigenvalue weighted by molar-refractivity contribution is 0.0953. The molecule has 2 aromatic carbocycles. The molecular formula is C20H25NO2. The highest BCUT2D eigenvalue weighted by molar-refractivity contribution is 5.95. The van der Waals surface area contributed by atoms with E-state index >= 15 is 0 Å². The van der Waals surface area contributed by atoms with Crippen molar-refractivity contribution in [3.05, 3.63) is 64.7 Å². The zero-order valence-electron chi connectivity index (χ0n) is 14.3. The lowest BCUT2D eigenvalue weighted by Crippen LogP contribution is -2.26. The molecule has 0 aliphatic rings. The molecule has 1 N–H and O–H groups in total. The quantitative estimate of drug-likeness (QED) is 0.873. The number of carbonyl (C=O) groups excluding carboxylic acids is 1. The molecule has 0 aliphatic carbocycles. The number of carbonyl (C=O) groups is 1. The third kappa shape index (κ3) is 5.13. The van der Waals surface area contributed by atoms with E-state index in [1.807, 2.05) is 70.2 Å². The minimum Gasteiger partial charge on any atom is -0.491 e. The van der Waals surface area contributed by atoms with Crippen LogP contribution in [-0.2, 0) is 6.42 Å². The second kappa shape index (κ2) is 7.82. The van der Waals surface area contributed by atoms with Crippen LogP contribution in [-0.4, -0.2) is 18.6 Å². The summed E-state index contributed by atoms with van der Waals surface area (Å²) < 4.78 is 5.62. The Morgan fingerprint density at radius 2 is 1.78 bits per heavy atom. The Morgan fingerprint density at radius 3 is 2.43 bits per heavy atom. The summed E-state index contributed by atoms with van der Waals surface area (Å²) in [5.74, 6) is 0.870. The Hall–Kier alpha value is -2.29. The molecule has 1 amide bonds. The van der Waals surface area contributed by atoms with Crippen molar-refractivity contribution in [1.29, 1.82) is 0 Å². The minimum atomic E-state index is -0.00837. The molecule has 0 saturated carbocycles. The van der Waals surface area contributed by atoms with E-state index in [-0.39, 0.29) is 12.0 Å². The first-order valence-corrected chi connectivity index (χ1v) is 8.07. The Bertz CT molecular complexity index is 660. The highest BCUT2D eigenvalue weighted by Crippen LogP contribution is 2.14. The third-order valence-electron chi connectivity index (χ3n) is 3.63. The molecule has 0 heterocycles. The molecule has 122 valence electrons. The van der Waals surface area contributed by atoms with Gasteiger partial charge in [-0.05, 0) is 63.4 Å². The lowest BCUT2D eigenvalue weighted by atomic mass is 10.0. The Labute approximate surface area is 138 Å². The van der Waals surface area contributed by atoms with Crippen LogP contribution in [0.5, 0.6) is 5.75 Å². The molecular weight excluding hydrogens is 286 g/mol. The lowest BCUT2D eigenvalue weighted by Gasteiger charge is -2.11. The van der Waals surface area contributed by atoms with Gasteiger partial charge < -0.3 is 10.1 Å². The van der Waals surface area contributed by atoms with Crippen molar-refractivity contribution in [2.45, 2.75) is 40.2 Å². The van der Waals surface area contributed by atoms with Crippen LogP contribution in [0.3, 0.4) is 0 Å². The highest BCUT2D eigenvalue weighted by Gasteiger charge is 2.08. The molecule has 0 fully saturated rings. The van der Waals surface area contributed by atoms with E-state index in [1.54, 1.807) is 0 Å². The maximum absolute atomic E-state index is 12.3. The van der Waals surface area contributed by atoms with Gasteiger partial charge in [0.25, 0.3) is 5.91 Å². The third-order valence-corrected chi connectivity index (χ3v) is 3.63. The van der Waals surface area contributed by atoms with Gasteiger partial charge in [-0.1, -0.05) is 29.8 Å². The van der Waals surface area contributed by atoms with Gasteiger partial charge in [-0.3, -0.25) is 4.79 Å². The van der Waals surface area contributed by atoms with Gasteiger partial charge in [-0.15, -0.1) is 0 Å². The summed E-state index contributed by atoms with van der Waals surface area (Å²) in [5.41, 5.74) is 4.04.